The topological polar surface area (TPSA) is 392 Å². The molecule has 32 heteroatoms. The van der Waals surface area contributed by atoms with Gasteiger partial charge >= 0.3 is 95.1 Å². The molecule has 0 aromatic carbocycles. The van der Waals surface area contributed by atoms with Gasteiger partial charge < -0.3 is 72.1 Å². The largest absolute Gasteiger partial charge is 0.455 e. The Bertz CT molecular complexity index is 1660. The van der Waals surface area contributed by atoms with Crippen molar-refractivity contribution in [1.29, 1.82) is 0 Å². The number of halogens is 1. The number of ether oxygens (including phenoxy) is 10. The van der Waals surface area contributed by atoms with Crippen molar-refractivity contribution >= 4 is 60.5 Å². The summed E-state index contributed by atoms with van der Waals surface area (Å²) in [6.07, 6.45) is -3.13. The Kier molecular flexibility index (Phi) is 28.0. The van der Waals surface area contributed by atoms with Crippen molar-refractivity contribution in [1.82, 2.24) is 0 Å². The van der Waals surface area contributed by atoms with Crippen molar-refractivity contribution in [3.05, 3.63) is 30.3 Å². The third-order valence-electron chi connectivity index (χ3n) is 9.67. The smallest absolute Gasteiger partial charge is 0.332 e. The zero-order chi connectivity index (χ0) is 50.9. The van der Waals surface area contributed by atoms with Crippen LogP contribution in [0.15, 0.2) is 0 Å². The molecule has 30 nitrogen and oxygen atoms in total. The molecule has 6 aliphatic heterocycles. The van der Waals surface area contributed by atoms with E-state index in [4.69, 9.17) is 54.6 Å². The van der Waals surface area contributed by atoms with E-state index < -0.39 is 151 Å². The Morgan fingerprint density at radius 1 is 0.588 bits per heavy atom. The SMILES string of the molecule is CC(=O)OCC(=O)Cl.CC(=O)OCC(=O)O[C@H]1CO[C@H]2[C@@H]1OC[C@H]2O[N+](=O)[O-].CCC[CH2][Sn](=[O])[CH2]CCC.O=C(CO)O[C@H]1CO[C@H]2[C@@H]1OC[C@H]2O[N+](=O)[O-].O=[N+]([O-])O[C@@H]1CO[C@H]2[C@@H]1OC[C@@H]2O. The van der Waals surface area contributed by atoms with Crippen molar-refractivity contribution < 1.29 is 114 Å². The maximum atomic E-state index is 11.4. The molecule has 0 aromatic rings. The second-order valence-electron chi connectivity index (χ2n) is 14.8. The van der Waals surface area contributed by atoms with Crippen LogP contribution in [0, 0.1) is 30.3 Å². The van der Waals surface area contributed by atoms with Crippen molar-refractivity contribution in [2.75, 3.05) is 59.5 Å². The molecule has 0 aromatic heterocycles. The summed E-state index contributed by atoms with van der Waals surface area (Å²) < 4.78 is 63.2. The Hall–Kier alpha value is -4.28. The number of nitrogens with zero attached hydrogens (tertiary/aromatic N) is 3. The standard InChI is InChI=1S/C10H13NO9.C8H11NO8.C6H9NO6.C4H5ClO3.2C4H9.O.Sn/c1-5(12)16-4-8(13)19-6-2-17-10-7(20-11(14)15)3-18-9(6)10;10-1-6(11)16-4-2-14-8-5(17-9(12)13)3-15-7(4)8;8-3-1-11-6-4(13-7(9)10)2-12-5(3)6;1-3(6)8-2-4(5)7;2*1-3-4-2;;/h6-7,9-10H,2-4H2,1H3;4-5,7-8,10H,1-3H2;3-6,8H,1-2H2;2H2,1H3;2*1,3-4H2,2H3;;/t6-,7+,9+,10+;4-,5+,7+,8+;3-,4+,5+,6+;;;;;/m000...../s1. The number of hydrogen-bond acceptors (Lipinski definition) is 27. The number of aliphatic hydroxyl groups is 2. The van der Waals surface area contributed by atoms with E-state index in [0.29, 0.717) is 0 Å². The quantitative estimate of drug-likeness (QED) is 0.0397. The Morgan fingerprint density at radius 2 is 0.926 bits per heavy atom. The van der Waals surface area contributed by atoms with Crippen LogP contribution in [0.2, 0.25) is 8.87 Å². The fourth-order valence-electron chi connectivity index (χ4n) is 6.71. The van der Waals surface area contributed by atoms with Gasteiger partial charge in [-0.1, -0.05) is 0 Å². The number of rotatable bonds is 19. The third kappa shape index (κ3) is 22.0. The van der Waals surface area contributed by atoms with Crippen molar-refractivity contribution in [3.8, 4) is 0 Å². The van der Waals surface area contributed by atoms with Crippen LogP contribution in [0.5, 0.6) is 0 Å². The zero-order valence-electron chi connectivity index (χ0n) is 37.4. The fourth-order valence-corrected chi connectivity index (χ4v) is 11.7. The summed E-state index contributed by atoms with van der Waals surface area (Å²) in [5.74, 6) is -2.63. The summed E-state index contributed by atoms with van der Waals surface area (Å²) in [7, 11) is 0. The van der Waals surface area contributed by atoms with Crippen molar-refractivity contribution in [3.63, 3.8) is 0 Å². The second kappa shape index (κ2) is 31.8. The Labute approximate surface area is 399 Å². The molecule has 0 radical (unpaired) electrons. The number of unbranched alkanes of at least 4 members (excludes halogenated alkanes) is 2. The van der Waals surface area contributed by atoms with Gasteiger partial charge in [0.05, 0.1) is 39.6 Å². The van der Waals surface area contributed by atoms with Crippen LogP contribution in [-0.2, 0) is 88.9 Å². The van der Waals surface area contributed by atoms with Gasteiger partial charge in [-0.05, 0) is 11.6 Å². The predicted octanol–water partition coefficient (Wildman–Crippen LogP) is -0.854. The number of carbonyl (C=O) groups is 5. The molecule has 0 saturated carbocycles. The van der Waals surface area contributed by atoms with Gasteiger partial charge in [0.1, 0.15) is 49.3 Å². The maximum Gasteiger partial charge on any atom is 0.332 e. The molecular formula is C36H56ClN3O27Sn. The number of aliphatic hydroxyl groups excluding tert-OH is 2. The minimum atomic E-state index is -1.99. The summed E-state index contributed by atoms with van der Waals surface area (Å²) in [5.41, 5.74) is 0. The van der Waals surface area contributed by atoms with Crippen LogP contribution in [0.3, 0.4) is 0 Å². The van der Waals surface area contributed by atoms with Gasteiger partial charge in [-0.25, -0.2) is 9.59 Å². The van der Waals surface area contributed by atoms with Crippen LogP contribution in [0.25, 0.3) is 0 Å². The van der Waals surface area contributed by atoms with E-state index in [1.807, 2.05) is 0 Å². The van der Waals surface area contributed by atoms with E-state index in [2.05, 4.69) is 37.8 Å². The van der Waals surface area contributed by atoms with E-state index >= 15 is 0 Å². The summed E-state index contributed by atoms with van der Waals surface area (Å²) in [4.78, 5) is 96.3. The second-order valence-corrected chi connectivity index (χ2v) is 21.2. The van der Waals surface area contributed by atoms with Gasteiger partial charge in [0.25, 0.3) is 20.5 Å². The third-order valence-corrected chi connectivity index (χ3v) is 15.0. The van der Waals surface area contributed by atoms with E-state index in [9.17, 15) is 62.5 Å². The molecule has 0 unspecified atom stereocenters. The normalized spacial score (nSPS) is 28.8. The van der Waals surface area contributed by atoms with E-state index in [-0.39, 0.29) is 46.2 Å². The fraction of sp³-hybridized carbons (Fsp3) is 0.861. The minimum Gasteiger partial charge on any atom is -0.455 e. The van der Waals surface area contributed by atoms with Gasteiger partial charge in [-0.2, -0.15) is 0 Å². The van der Waals surface area contributed by atoms with Gasteiger partial charge in [0.15, 0.2) is 43.7 Å². The first-order valence-corrected chi connectivity index (χ1v) is 26.6. The first kappa shape index (κ1) is 59.8. The van der Waals surface area contributed by atoms with Crippen molar-refractivity contribution in [2.45, 2.75) is 135 Å². The van der Waals surface area contributed by atoms with Crippen LogP contribution < -0.4 is 0 Å². The zero-order valence-corrected chi connectivity index (χ0v) is 41.0. The molecule has 388 valence electrons. The summed E-state index contributed by atoms with van der Waals surface area (Å²) >= 11 is 2.82. The van der Waals surface area contributed by atoms with Crippen molar-refractivity contribution in [2.24, 2.45) is 0 Å². The maximum absolute atomic E-state index is 11.4. The van der Waals surface area contributed by atoms with Crippen LogP contribution in [0.1, 0.15) is 53.4 Å². The summed E-state index contributed by atoms with van der Waals surface area (Å²) in [6, 6.07) is 0. The molecule has 0 aliphatic carbocycles. The molecule has 12 atom stereocenters. The Morgan fingerprint density at radius 3 is 1.28 bits per heavy atom. The number of fused-ring (bicyclic) bond motifs is 3. The molecule has 0 bridgehead atoms. The minimum absolute atomic E-state index is 0.00346. The van der Waals surface area contributed by atoms with E-state index in [1.54, 1.807) is 0 Å². The summed E-state index contributed by atoms with van der Waals surface area (Å²) in [6.45, 7) is 5.46. The molecule has 2 N–H and O–H groups in total. The van der Waals surface area contributed by atoms with E-state index in [0.717, 1.165) is 8.87 Å². The molecule has 6 heterocycles. The van der Waals surface area contributed by atoms with Gasteiger partial charge in [-0.15, -0.1) is 30.3 Å². The summed E-state index contributed by atoms with van der Waals surface area (Å²) in [5, 5.41) is 45.0. The number of carbonyl (C=O) groups excluding carboxylic acids is 5. The first-order valence-electron chi connectivity index (χ1n) is 21.0. The van der Waals surface area contributed by atoms with E-state index in [1.165, 1.54) is 39.5 Å². The van der Waals surface area contributed by atoms with Gasteiger partial charge in [0, 0.05) is 13.8 Å². The monoisotopic (exact) mass is 1120 g/mol. The van der Waals surface area contributed by atoms with Crippen LogP contribution in [-0.4, -0.2) is 207 Å². The number of esters is 4. The number of hydrogen-bond donors (Lipinski definition) is 2. The molecule has 6 rings (SSSR count). The molecule has 6 saturated heterocycles. The van der Waals surface area contributed by atoms with Crippen LogP contribution >= 0.6 is 11.6 Å². The van der Waals surface area contributed by atoms with Gasteiger partial charge in [0.2, 0.25) is 0 Å². The predicted molar refractivity (Wildman–Crippen MR) is 217 cm³/mol. The molecule has 6 fully saturated rings. The average molecular weight is 1120 g/mol. The Balaban J connectivity index is 0.000000303. The first-order chi connectivity index (χ1) is 32.2. The molecular weight excluding hydrogens is 1060 g/mol. The molecule has 0 spiro atoms. The molecule has 68 heavy (non-hydrogen) atoms. The average Bonchev–Trinajstić information content (AvgIpc) is 4.14. The van der Waals surface area contributed by atoms with Crippen LogP contribution in [0.4, 0.5) is 0 Å². The van der Waals surface area contributed by atoms with Gasteiger partial charge in [-0.3, -0.25) is 14.4 Å². The molecule has 0 amide bonds. The molecule has 6 aliphatic rings.